The standard InChI is InChI=1S/C14H19BrN2O3/c1-16(10-14(18)6-2-3-7-14)9-11-4-5-12(17(19)20)8-13(11)15/h4-5,8,18H,2-3,6-7,9-10H2,1H3. The number of benzene rings is 1. The lowest BCUT2D eigenvalue weighted by molar-refractivity contribution is -0.384. The molecule has 0 heterocycles. The van der Waals surface area contributed by atoms with Gasteiger partial charge in [0.15, 0.2) is 0 Å². The molecule has 0 amide bonds. The van der Waals surface area contributed by atoms with Gasteiger partial charge in [-0.1, -0.05) is 28.8 Å². The monoisotopic (exact) mass is 342 g/mol. The first-order valence-electron chi connectivity index (χ1n) is 6.73. The number of likely N-dealkylation sites (N-methyl/N-ethyl adjacent to an activating group) is 1. The largest absolute Gasteiger partial charge is 0.389 e. The van der Waals surface area contributed by atoms with Gasteiger partial charge >= 0.3 is 0 Å². The Bertz CT molecular complexity index is 501. The smallest absolute Gasteiger partial charge is 0.270 e. The number of aliphatic hydroxyl groups is 1. The number of nitro benzene ring substituents is 1. The van der Waals surface area contributed by atoms with E-state index in [-0.39, 0.29) is 5.69 Å². The van der Waals surface area contributed by atoms with Gasteiger partial charge in [-0.25, -0.2) is 0 Å². The van der Waals surface area contributed by atoms with E-state index in [1.807, 2.05) is 7.05 Å². The highest BCUT2D eigenvalue weighted by Crippen LogP contribution is 2.31. The van der Waals surface area contributed by atoms with Gasteiger partial charge in [0.25, 0.3) is 5.69 Å². The number of nitro groups is 1. The Morgan fingerprint density at radius 3 is 2.65 bits per heavy atom. The SMILES string of the molecule is CN(Cc1ccc([N+](=O)[O-])cc1Br)CC1(O)CCCC1. The van der Waals surface area contributed by atoms with Gasteiger partial charge in [-0.2, -0.15) is 0 Å². The van der Waals surface area contributed by atoms with Crippen molar-refractivity contribution in [3.8, 4) is 0 Å². The lowest BCUT2D eigenvalue weighted by Crippen LogP contribution is -2.38. The first-order valence-corrected chi connectivity index (χ1v) is 7.53. The first kappa shape index (κ1) is 15.4. The predicted molar refractivity (Wildman–Crippen MR) is 80.5 cm³/mol. The fraction of sp³-hybridized carbons (Fsp3) is 0.571. The second-order valence-corrected chi connectivity index (χ2v) is 6.49. The van der Waals surface area contributed by atoms with Crippen molar-refractivity contribution in [2.75, 3.05) is 13.6 Å². The molecule has 110 valence electrons. The van der Waals surface area contributed by atoms with E-state index in [0.29, 0.717) is 13.1 Å². The van der Waals surface area contributed by atoms with E-state index < -0.39 is 10.5 Å². The molecule has 0 aliphatic heterocycles. The lowest BCUT2D eigenvalue weighted by Gasteiger charge is -2.28. The number of non-ortho nitro benzene ring substituents is 1. The van der Waals surface area contributed by atoms with E-state index in [4.69, 9.17) is 0 Å². The maximum atomic E-state index is 10.7. The van der Waals surface area contributed by atoms with Crippen LogP contribution in [0.3, 0.4) is 0 Å². The zero-order valence-electron chi connectivity index (χ0n) is 11.5. The fourth-order valence-corrected chi connectivity index (χ4v) is 3.31. The Kier molecular flexibility index (Phi) is 4.78. The van der Waals surface area contributed by atoms with Crippen molar-refractivity contribution in [2.45, 2.75) is 37.8 Å². The molecule has 5 nitrogen and oxygen atoms in total. The summed E-state index contributed by atoms with van der Waals surface area (Å²) in [4.78, 5) is 12.4. The Labute approximate surface area is 126 Å². The third kappa shape index (κ3) is 3.77. The number of rotatable bonds is 5. The molecule has 0 aromatic heterocycles. The van der Waals surface area contributed by atoms with Crippen LogP contribution in [0.1, 0.15) is 31.2 Å². The van der Waals surface area contributed by atoms with Crippen molar-refractivity contribution in [1.29, 1.82) is 0 Å². The topological polar surface area (TPSA) is 66.6 Å². The molecule has 0 spiro atoms. The Morgan fingerprint density at radius 1 is 1.45 bits per heavy atom. The van der Waals surface area contributed by atoms with E-state index in [9.17, 15) is 15.2 Å². The summed E-state index contributed by atoms with van der Waals surface area (Å²) in [5, 5.41) is 21.1. The van der Waals surface area contributed by atoms with Gasteiger partial charge < -0.3 is 5.11 Å². The molecule has 2 rings (SSSR count). The van der Waals surface area contributed by atoms with E-state index in [1.165, 1.54) is 12.1 Å². The molecule has 0 bridgehead atoms. The number of hydrogen-bond acceptors (Lipinski definition) is 4. The Morgan fingerprint density at radius 2 is 2.10 bits per heavy atom. The highest BCUT2D eigenvalue weighted by atomic mass is 79.9. The molecule has 0 saturated heterocycles. The van der Waals surface area contributed by atoms with Gasteiger partial charge in [0.1, 0.15) is 0 Å². The van der Waals surface area contributed by atoms with E-state index in [2.05, 4.69) is 20.8 Å². The van der Waals surface area contributed by atoms with Crippen molar-refractivity contribution in [3.63, 3.8) is 0 Å². The van der Waals surface area contributed by atoms with Gasteiger partial charge in [0.2, 0.25) is 0 Å². The molecule has 1 aliphatic carbocycles. The fourth-order valence-electron chi connectivity index (χ4n) is 2.82. The third-order valence-corrected chi connectivity index (χ3v) is 4.52. The van der Waals surface area contributed by atoms with Crippen molar-refractivity contribution in [1.82, 2.24) is 4.90 Å². The molecule has 0 unspecified atom stereocenters. The molecule has 20 heavy (non-hydrogen) atoms. The summed E-state index contributed by atoms with van der Waals surface area (Å²) in [6.45, 7) is 1.29. The summed E-state index contributed by atoms with van der Waals surface area (Å²) in [5.41, 5.74) is 0.500. The summed E-state index contributed by atoms with van der Waals surface area (Å²) in [6, 6.07) is 4.79. The van der Waals surface area contributed by atoms with E-state index in [0.717, 1.165) is 35.7 Å². The summed E-state index contributed by atoms with van der Waals surface area (Å²) >= 11 is 3.38. The summed E-state index contributed by atoms with van der Waals surface area (Å²) in [5.74, 6) is 0. The molecule has 0 radical (unpaired) electrons. The van der Waals surface area contributed by atoms with Crippen LogP contribution in [0.5, 0.6) is 0 Å². The summed E-state index contributed by atoms with van der Waals surface area (Å²) in [7, 11) is 1.96. The quantitative estimate of drug-likeness (QED) is 0.659. The van der Waals surface area contributed by atoms with Crippen LogP contribution < -0.4 is 0 Å². The van der Waals surface area contributed by atoms with Gasteiger partial charge in [-0.05, 0) is 31.5 Å². The van der Waals surface area contributed by atoms with Gasteiger partial charge in [-0.3, -0.25) is 15.0 Å². The van der Waals surface area contributed by atoms with Crippen LogP contribution in [0.25, 0.3) is 0 Å². The average molecular weight is 343 g/mol. The molecule has 1 aliphatic rings. The van der Waals surface area contributed by atoms with Crippen molar-refractivity contribution in [3.05, 3.63) is 38.3 Å². The molecular formula is C14H19BrN2O3. The minimum absolute atomic E-state index is 0.0812. The molecule has 1 aromatic carbocycles. The molecule has 1 aromatic rings. The van der Waals surface area contributed by atoms with Crippen LogP contribution in [-0.2, 0) is 6.54 Å². The molecule has 1 N–H and O–H groups in total. The van der Waals surface area contributed by atoms with Gasteiger partial charge in [0.05, 0.1) is 10.5 Å². The van der Waals surface area contributed by atoms with Crippen LogP contribution in [0.2, 0.25) is 0 Å². The maximum Gasteiger partial charge on any atom is 0.270 e. The lowest BCUT2D eigenvalue weighted by atomic mass is 10.0. The summed E-state index contributed by atoms with van der Waals surface area (Å²) in [6.07, 6.45) is 3.90. The zero-order valence-corrected chi connectivity index (χ0v) is 13.1. The number of halogens is 1. The van der Waals surface area contributed by atoms with Gasteiger partial charge in [-0.15, -0.1) is 0 Å². The van der Waals surface area contributed by atoms with Crippen LogP contribution in [0.4, 0.5) is 5.69 Å². The zero-order chi connectivity index (χ0) is 14.8. The molecule has 1 fully saturated rings. The van der Waals surface area contributed by atoms with Crippen molar-refractivity contribution < 1.29 is 10.0 Å². The van der Waals surface area contributed by atoms with Gasteiger partial charge in [0, 0.05) is 29.7 Å². The third-order valence-electron chi connectivity index (χ3n) is 3.79. The Balaban J connectivity index is 2.00. The minimum Gasteiger partial charge on any atom is -0.389 e. The molecule has 1 saturated carbocycles. The second kappa shape index (κ2) is 6.20. The van der Waals surface area contributed by atoms with Crippen LogP contribution in [0, 0.1) is 10.1 Å². The van der Waals surface area contributed by atoms with Crippen LogP contribution >= 0.6 is 15.9 Å². The molecule has 6 heteroatoms. The van der Waals surface area contributed by atoms with E-state index >= 15 is 0 Å². The molecular weight excluding hydrogens is 324 g/mol. The van der Waals surface area contributed by atoms with Crippen LogP contribution in [-0.4, -0.2) is 34.1 Å². The Hall–Kier alpha value is -0.980. The normalized spacial score (nSPS) is 17.6. The van der Waals surface area contributed by atoms with E-state index in [1.54, 1.807) is 6.07 Å². The maximum absolute atomic E-state index is 10.7. The number of hydrogen-bond donors (Lipinski definition) is 1. The second-order valence-electron chi connectivity index (χ2n) is 5.64. The number of nitrogens with zero attached hydrogens (tertiary/aromatic N) is 2. The highest BCUT2D eigenvalue weighted by Gasteiger charge is 2.32. The average Bonchev–Trinajstić information content (AvgIpc) is 2.77. The van der Waals surface area contributed by atoms with Crippen molar-refractivity contribution in [2.24, 2.45) is 0 Å². The highest BCUT2D eigenvalue weighted by molar-refractivity contribution is 9.10. The minimum atomic E-state index is -0.567. The summed E-state index contributed by atoms with van der Waals surface area (Å²) < 4.78 is 0.733. The first-order chi connectivity index (χ1) is 9.39. The predicted octanol–water partition coefficient (Wildman–Crippen LogP) is 3.09. The van der Waals surface area contributed by atoms with Crippen molar-refractivity contribution >= 4 is 21.6 Å². The van der Waals surface area contributed by atoms with Crippen LogP contribution in [0.15, 0.2) is 22.7 Å². The molecule has 0 atom stereocenters.